The minimum absolute atomic E-state index is 0.270. The maximum atomic E-state index is 6.06. The zero-order valence-electron chi connectivity index (χ0n) is 13.3. The maximum absolute atomic E-state index is 6.06. The Bertz CT molecular complexity index is 548. The van der Waals surface area contributed by atoms with Crippen molar-refractivity contribution in [3.05, 3.63) is 51.7 Å². The molecule has 1 heterocycles. The molecular formula is C18H26N2S. The minimum Gasteiger partial charge on any atom is -0.374 e. The van der Waals surface area contributed by atoms with E-state index in [1.54, 1.807) is 0 Å². The van der Waals surface area contributed by atoms with E-state index < -0.39 is 0 Å². The van der Waals surface area contributed by atoms with E-state index in [0.717, 1.165) is 25.8 Å². The van der Waals surface area contributed by atoms with Crippen LogP contribution in [0, 0.1) is 6.92 Å². The lowest BCUT2D eigenvalue weighted by molar-refractivity contribution is 0.644. The van der Waals surface area contributed by atoms with Crippen LogP contribution >= 0.6 is 11.3 Å². The average Bonchev–Trinajstić information content (AvgIpc) is 3.00. The summed E-state index contributed by atoms with van der Waals surface area (Å²) in [5, 5.41) is 2.14. The van der Waals surface area contributed by atoms with Gasteiger partial charge in [-0.25, -0.2) is 0 Å². The summed E-state index contributed by atoms with van der Waals surface area (Å²) >= 11 is 1.83. The topological polar surface area (TPSA) is 29.3 Å². The zero-order chi connectivity index (χ0) is 15.2. The lowest BCUT2D eigenvalue weighted by Crippen LogP contribution is -2.22. The summed E-state index contributed by atoms with van der Waals surface area (Å²) in [6.07, 6.45) is 3.11. The molecule has 1 unspecified atom stereocenters. The van der Waals surface area contributed by atoms with Crippen LogP contribution in [0.3, 0.4) is 0 Å². The van der Waals surface area contributed by atoms with Crippen molar-refractivity contribution < 1.29 is 0 Å². The molecule has 114 valence electrons. The summed E-state index contributed by atoms with van der Waals surface area (Å²) in [7, 11) is 2.17. The highest BCUT2D eigenvalue weighted by atomic mass is 32.1. The van der Waals surface area contributed by atoms with Crippen LogP contribution in [0.4, 0.5) is 5.69 Å². The molecule has 1 atom stereocenters. The largest absolute Gasteiger partial charge is 0.374 e. The number of thiophene rings is 1. The third kappa shape index (κ3) is 4.58. The van der Waals surface area contributed by atoms with Gasteiger partial charge < -0.3 is 10.6 Å². The van der Waals surface area contributed by atoms with Gasteiger partial charge in [-0.05, 0) is 60.9 Å². The summed E-state index contributed by atoms with van der Waals surface area (Å²) in [5.41, 5.74) is 10.1. The van der Waals surface area contributed by atoms with Crippen LogP contribution in [0.15, 0.2) is 35.7 Å². The third-order valence-corrected chi connectivity index (χ3v) is 4.98. The molecule has 0 radical (unpaired) electrons. The van der Waals surface area contributed by atoms with Gasteiger partial charge in [-0.2, -0.15) is 0 Å². The first kappa shape index (κ1) is 16.1. The standard InChI is InChI=1S/C18H26N2S/c1-4-16(19)13-15-7-8-17(12-14(15)2)20(3)10-9-18-6-5-11-21-18/h5-8,11-12,16H,4,9-10,13,19H2,1-3H3. The molecular weight excluding hydrogens is 276 g/mol. The quantitative estimate of drug-likeness (QED) is 0.837. The summed E-state index contributed by atoms with van der Waals surface area (Å²) < 4.78 is 0. The van der Waals surface area contributed by atoms with Crippen LogP contribution in [0.1, 0.15) is 29.3 Å². The van der Waals surface area contributed by atoms with Gasteiger partial charge in [0, 0.05) is 30.2 Å². The predicted molar refractivity (Wildman–Crippen MR) is 94.4 cm³/mol. The molecule has 0 bridgehead atoms. The molecule has 2 aromatic rings. The number of hydrogen-bond donors (Lipinski definition) is 1. The highest BCUT2D eigenvalue weighted by Gasteiger charge is 2.07. The lowest BCUT2D eigenvalue weighted by Gasteiger charge is -2.21. The van der Waals surface area contributed by atoms with Crippen LogP contribution in [0.5, 0.6) is 0 Å². The predicted octanol–water partition coefficient (Wildman–Crippen LogP) is 4.02. The molecule has 2 N–H and O–H groups in total. The van der Waals surface area contributed by atoms with E-state index in [-0.39, 0.29) is 6.04 Å². The van der Waals surface area contributed by atoms with Crippen molar-refractivity contribution in [1.82, 2.24) is 0 Å². The molecule has 3 heteroatoms. The number of aryl methyl sites for hydroxylation is 1. The second kappa shape index (κ2) is 7.62. The molecule has 0 spiro atoms. The second-order valence-electron chi connectivity index (χ2n) is 5.73. The van der Waals surface area contributed by atoms with Crippen molar-refractivity contribution in [2.24, 2.45) is 5.73 Å². The number of nitrogens with zero attached hydrogens (tertiary/aromatic N) is 1. The summed E-state index contributed by atoms with van der Waals surface area (Å²) in [6, 6.07) is 11.3. The fraction of sp³-hybridized carbons (Fsp3) is 0.444. The number of likely N-dealkylation sites (N-methyl/N-ethyl adjacent to an activating group) is 1. The minimum atomic E-state index is 0.270. The second-order valence-corrected chi connectivity index (χ2v) is 6.77. The molecule has 0 saturated heterocycles. The number of nitrogens with two attached hydrogens (primary N) is 1. The van der Waals surface area contributed by atoms with E-state index in [2.05, 4.69) is 61.5 Å². The fourth-order valence-corrected chi connectivity index (χ4v) is 3.13. The van der Waals surface area contributed by atoms with E-state index >= 15 is 0 Å². The van der Waals surface area contributed by atoms with Gasteiger partial charge in [0.05, 0.1) is 0 Å². The van der Waals surface area contributed by atoms with Crippen molar-refractivity contribution in [1.29, 1.82) is 0 Å². The maximum Gasteiger partial charge on any atom is 0.0366 e. The number of benzene rings is 1. The Morgan fingerprint density at radius 3 is 2.71 bits per heavy atom. The Morgan fingerprint density at radius 1 is 1.29 bits per heavy atom. The van der Waals surface area contributed by atoms with Gasteiger partial charge >= 0.3 is 0 Å². The number of hydrogen-bond acceptors (Lipinski definition) is 3. The third-order valence-electron chi connectivity index (χ3n) is 4.05. The van der Waals surface area contributed by atoms with Crippen LogP contribution in [0.2, 0.25) is 0 Å². The van der Waals surface area contributed by atoms with Crippen molar-refractivity contribution >= 4 is 17.0 Å². The van der Waals surface area contributed by atoms with Gasteiger partial charge in [0.1, 0.15) is 0 Å². The molecule has 1 aromatic heterocycles. The molecule has 2 nitrogen and oxygen atoms in total. The van der Waals surface area contributed by atoms with E-state index in [0.29, 0.717) is 0 Å². The van der Waals surface area contributed by atoms with Gasteiger partial charge in [0.2, 0.25) is 0 Å². The van der Waals surface area contributed by atoms with Crippen LogP contribution in [-0.4, -0.2) is 19.6 Å². The van der Waals surface area contributed by atoms with Crippen molar-refractivity contribution in [2.45, 2.75) is 39.2 Å². The summed E-state index contributed by atoms with van der Waals surface area (Å²) in [6.45, 7) is 5.38. The van der Waals surface area contributed by atoms with Crippen LogP contribution in [-0.2, 0) is 12.8 Å². The Balaban J connectivity index is 1.98. The van der Waals surface area contributed by atoms with E-state index in [1.807, 2.05) is 11.3 Å². The Kier molecular flexibility index (Phi) is 5.83. The van der Waals surface area contributed by atoms with E-state index in [9.17, 15) is 0 Å². The molecule has 0 fully saturated rings. The van der Waals surface area contributed by atoms with Gasteiger partial charge in [-0.3, -0.25) is 0 Å². The molecule has 2 rings (SSSR count). The molecule has 21 heavy (non-hydrogen) atoms. The van der Waals surface area contributed by atoms with Gasteiger partial charge in [-0.15, -0.1) is 11.3 Å². The fourth-order valence-electron chi connectivity index (χ4n) is 2.44. The van der Waals surface area contributed by atoms with Gasteiger partial charge in [0.15, 0.2) is 0 Å². The Hall–Kier alpha value is -1.32. The molecule has 0 aliphatic carbocycles. The van der Waals surface area contributed by atoms with E-state index in [4.69, 9.17) is 5.73 Å². The van der Waals surface area contributed by atoms with Crippen molar-refractivity contribution in [3.63, 3.8) is 0 Å². The normalized spacial score (nSPS) is 12.4. The average molecular weight is 302 g/mol. The first-order valence-electron chi connectivity index (χ1n) is 7.68. The van der Waals surface area contributed by atoms with Crippen LogP contribution < -0.4 is 10.6 Å². The first-order chi connectivity index (χ1) is 10.1. The highest BCUT2D eigenvalue weighted by molar-refractivity contribution is 7.09. The van der Waals surface area contributed by atoms with Crippen molar-refractivity contribution in [2.75, 3.05) is 18.5 Å². The molecule has 1 aromatic carbocycles. The molecule has 0 amide bonds. The Morgan fingerprint density at radius 2 is 2.10 bits per heavy atom. The first-order valence-corrected chi connectivity index (χ1v) is 8.56. The number of anilines is 1. The van der Waals surface area contributed by atoms with Gasteiger partial charge in [-0.1, -0.05) is 19.1 Å². The summed E-state index contributed by atoms with van der Waals surface area (Å²) in [4.78, 5) is 3.78. The smallest absolute Gasteiger partial charge is 0.0366 e. The highest BCUT2D eigenvalue weighted by Crippen LogP contribution is 2.20. The van der Waals surface area contributed by atoms with Crippen LogP contribution in [0.25, 0.3) is 0 Å². The molecule has 0 aliphatic rings. The van der Waals surface area contributed by atoms with Crippen molar-refractivity contribution in [3.8, 4) is 0 Å². The van der Waals surface area contributed by atoms with E-state index in [1.165, 1.54) is 21.7 Å². The lowest BCUT2D eigenvalue weighted by atomic mass is 9.99. The molecule has 0 aliphatic heterocycles. The van der Waals surface area contributed by atoms with Gasteiger partial charge in [0.25, 0.3) is 0 Å². The SMILES string of the molecule is CCC(N)Cc1ccc(N(C)CCc2cccs2)cc1C. The summed E-state index contributed by atoms with van der Waals surface area (Å²) in [5.74, 6) is 0. The number of rotatable bonds is 7. The monoisotopic (exact) mass is 302 g/mol. The Labute approximate surface area is 132 Å². The zero-order valence-corrected chi connectivity index (χ0v) is 14.1. The molecule has 0 saturated carbocycles.